The molecule has 0 amide bonds. The minimum Gasteiger partial charge on any atom is -0.497 e. The summed E-state index contributed by atoms with van der Waals surface area (Å²) in [6.45, 7) is 0. The van der Waals surface area contributed by atoms with E-state index in [0.29, 0.717) is 0 Å². The molecule has 3 rings (SSSR count). The third kappa shape index (κ3) is 1.96. The average Bonchev–Trinajstić information content (AvgIpc) is 2.48. The zero-order valence-corrected chi connectivity index (χ0v) is 12.3. The average molecular weight is 274 g/mol. The van der Waals surface area contributed by atoms with Crippen molar-refractivity contribution in [3.63, 3.8) is 0 Å². The van der Waals surface area contributed by atoms with Gasteiger partial charge in [0.2, 0.25) is 0 Å². The first-order valence-corrected chi connectivity index (χ1v) is 7.48. The number of methoxy groups -OCH3 is 2. The molecule has 2 aliphatic carbocycles. The minimum absolute atomic E-state index is 0.121. The first kappa shape index (κ1) is 13.6. The van der Waals surface area contributed by atoms with Crippen molar-refractivity contribution in [1.29, 1.82) is 0 Å². The number of rotatable bonds is 2. The van der Waals surface area contributed by atoms with Crippen LogP contribution in [-0.4, -0.2) is 20.0 Å². The molecule has 0 saturated heterocycles. The van der Waals surface area contributed by atoms with Gasteiger partial charge in [0.05, 0.1) is 7.11 Å². The topological polar surface area (TPSA) is 35.5 Å². The summed E-state index contributed by atoms with van der Waals surface area (Å²) in [6.07, 6.45) is 6.02. The number of carbonyl (C=O) groups excluding carboxylic acids is 1. The molecule has 1 aromatic rings. The van der Waals surface area contributed by atoms with E-state index in [1.54, 1.807) is 14.2 Å². The van der Waals surface area contributed by atoms with Crippen LogP contribution in [0.1, 0.15) is 43.2 Å². The number of hydrogen-bond donors (Lipinski definition) is 0. The van der Waals surface area contributed by atoms with Gasteiger partial charge in [0.25, 0.3) is 0 Å². The number of benzene rings is 1. The maximum Gasteiger partial charge on any atom is 0.172 e. The second kappa shape index (κ2) is 5.21. The maximum atomic E-state index is 12.9. The highest BCUT2D eigenvalue weighted by molar-refractivity contribution is 5.93. The van der Waals surface area contributed by atoms with E-state index in [4.69, 9.17) is 9.47 Å². The van der Waals surface area contributed by atoms with Crippen molar-refractivity contribution in [3.05, 3.63) is 29.3 Å². The van der Waals surface area contributed by atoms with Gasteiger partial charge >= 0.3 is 0 Å². The molecule has 108 valence electrons. The minimum atomic E-state index is -0.743. The lowest BCUT2D eigenvalue weighted by atomic mass is 9.67. The monoisotopic (exact) mass is 274 g/mol. The highest BCUT2D eigenvalue weighted by Gasteiger charge is 2.48. The van der Waals surface area contributed by atoms with Crippen LogP contribution in [0.4, 0.5) is 0 Å². The van der Waals surface area contributed by atoms with Crippen LogP contribution in [0.15, 0.2) is 18.2 Å². The molecule has 0 spiro atoms. The molecule has 2 unspecified atom stereocenters. The van der Waals surface area contributed by atoms with Crippen molar-refractivity contribution in [2.75, 3.05) is 14.2 Å². The SMILES string of the molecule is COc1ccc2c(c1)C1(OC)CCCCCC(C2)C1=O. The molecule has 0 heterocycles. The maximum absolute atomic E-state index is 12.9. The van der Waals surface area contributed by atoms with Gasteiger partial charge in [-0.2, -0.15) is 0 Å². The van der Waals surface area contributed by atoms with E-state index in [1.807, 2.05) is 12.1 Å². The first-order chi connectivity index (χ1) is 9.71. The van der Waals surface area contributed by atoms with Crippen LogP contribution in [0.25, 0.3) is 0 Å². The number of fused-ring (bicyclic) bond motifs is 4. The molecule has 20 heavy (non-hydrogen) atoms. The third-order valence-electron chi connectivity index (χ3n) is 4.92. The normalized spacial score (nSPS) is 29.3. The summed E-state index contributed by atoms with van der Waals surface area (Å²) in [5.74, 6) is 1.20. The predicted octanol–water partition coefficient (Wildman–Crippen LogP) is 3.24. The van der Waals surface area contributed by atoms with Gasteiger partial charge in [0.1, 0.15) is 5.75 Å². The van der Waals surface area contributed by atoms with Gasteiger partial charge < -0.3 is 9.47 Å². The van der Waals surface area contributed by atoms with Crippen LogP contribution in [0, 0.1) is 5.92 Å². The van der Waals surface area contributed by atoms with E-state index >= 15 is 0 Å². The van der Waals surface area contributed by atoms with Gasteiger partial charge in [-0.1, -0.05) is 18.9 Å². The molecule has 1 aromatic carbocycles. The summed E-state index contributed by atoms with van der Waals surface area (Å²) in [6, 6.07) is 6.08. The molecule has 1 saturated carbocycles. The van der Waals surface area contributed by atoms with Gasteiger partial charge in [-0.25, -0.2) is 0 Å². The van der Waals surface area contributed by atoms with E-state index in [9.17, 15) is 4.79 Å². The van der Waals surface area contributed by atoms with Crippen LogP contribution < -0.4 is 4.74 Å². The summed E-state index contributed by atoms with van der Waals surface area (Å²) >= 11 is 0. The van der Waals surface area contributed by atoms with Crippen LogP contribution in [-0.2, 0) is 21.6 Å². The molecule has 1 fully saturated rings. The molecule has 2 atom stereocenters. The lowest BCUT2D eigenvalue weighted by Crippen LogP contribution is -2.47. The molecule has 3 heteroatoms. The highest BCUT2D eigenvalue weighted by Crippen LogP contribution is 2.45. The van der Waals surface area contributed by atoms with Crippen molar-refractivity contribution >= 4 is 5.78 Å². The molecule has 2 aliphatic rings. The zero-order chi connectivity index (χ0) is 14.2. The summed E-state index contributed by atoms with van der Waals surface area (Å²) in [4.78, 5) is 12.9. The lowest BCUT2D eigenvalue weighted by molar-refractivity contribution is -0.151. The molecule has 0 radical (unpaired) electrons. The van der Waals surface area contributed by atoms with Crippen molar-refractivity contribution in [2.24, 2.45) is 5.92 Å². The Morgan fingerprint density at radius 1 is 1.20 bits per heavy atom. The van der Waals surface area contributed by atoms with Gasteiger partial charge in [0.15, 0.2) is 11.4 Å². The fraction of sp³-hybridized carbons (Fsp3) is 0.588. The van der Waals surface area contributed by atoms with Gasteiger partial charge in [-0.3, -0.25) is 4.79 Å². The molecule has 2 bridgehead atoms. The van der Waals surface area contributed by atoms with Crippen LogP contribution in [0.3, 0.4) is 0 Å². The number of Topliss-reactive ketones (excluding diaryl/α,β-unsaturated/α-hetero) is 1. The number of ether oxygens (including phenoxy) is 2. The predicted molar refractivity (Wildman–Crippen MR) is 77.0 cm³/mol. The Labute approximate surface area is 120 Å². The molecule has 0 aliphatic heterocycles. The Morgan fingerprint density at radius 3 is 2.80 bits per heavy atom. The zero-order valence-electron chi connectivity index (χ0n) is 12.3. The Kier molecular flexibility index (Phi) is 3.55. The molecular formula is C17H22O3. The van der Waals surface area contributed by atoms with Crippen molar-refractivity contribution in [3.8, 4) is 5.75 Å². The van der Waals surface area contributed by atoms with Crippen LogP contribution in [0.5, 0.6) is 5.75 Å². The van der Waals surface area contributed by atoms with E-state index < -0.39 is 5.60 Å². The van der Waals surface area contributed by atoms with Crippen molar-refractivity contribution in [2.45, 2.75) is 44.1 Å². The molecule has 3 nitrogen and oxygen atoms in total. The Bertz CT molecular complexity index is 523. The van der Waals surface area contributed by atoms with Crippen molar-refractivity contribution < 1.29 is 14.3 Å². The lowest BCUT2D eigenvalue weighted by Gasteiger charge is -2.41. The second-order valence-corrected chi connectivity index (χ2v) is 5.92. The quantitative estimate of drug-likeness (QED) is 0.830. The highest BCUT2D eigenvalue weighted by atomic mass is 16.5. The third-order valence-corrected chi connectivity index (χ3v) is 4.92. The van der Waals surface area contributed by atoms with E-state index in [2.05, 4.69) is 6.07 Å². The van der Waals surface area contributed by atoms with E-state index in [1.165, 1.54) is 12.0 Å². The first-order valence-electron chi connectivity index (χ1n) is 7.48. The van der Waals surface area contributed by atoms with Gasteiger partial charge in [0, 0.05) is 13.0 Å². The number of ketones is 1. The largest absolute Gasteiger partial charge is 0.497 e. The Hall–Kier alpha value is -1.35. The van der Waals surface area contributed by atoms with E-state index in [-0.39, 0.29) is 11.7 Å². The Morgan fingerprint density at radius 2 is 2.05 bits per heavy atom. The molecule has 0 N–H and O–H groups in total. The Balaban J connectivity index is 2.15. The van der Waals surface area contributed by atoms with Crippen molar-refractivity contribution in [1.82, 2.24) is 0 Å². The summed E-state index contributed by atoms with van der Waals surface area (Å²) in [5.41, 5.74) is 1.54. The number of carbonyl (C=O) groups is 1. The van der Waals surface area contributed by atoms with E-state index in [0.717, 1.165) is 43.4 Å². The molecular weight excluding hydrogens is 252 g/mol. The fourth-order valence-corrected chi connectivity index (χ4v) is 3.80. The van der Waals surface area contributed by atoms with Gasteiger partial charge in [-0.15, -0.1) is 0 Å². The number of hydrogen-bond acceptors (Lipinski definition) is 3. The summed E-state index contributed by atoms with van der Waals surface area (Å²) < 4.78 is 11.2. The summed E-state index contributed by atoms with van der Waals surface area (Å²) in [5, 5.41) is 0. The van der Waals surface area contributed by atoms with Gasteiger partial charge in [-0.05, 0) is 48.9 Å². The fourth-order valence-electron chi connectivity index (χ4n) is 3.80. The summed E-state index contributed by atoms with van der Waals surface area (Å²) in [7, 11) is 3.33. The molecule has 0 aromatic heterocycles. The standard InChI is InChI=1S/C17H22O3/c1-19-14-8-7-12-10-13-6-4-3-5-9-17(20-2,16(13)18)15(12)11-14/h7-8,11,13H,3-6,9-10H2,1-2H3. The van der Waals surface area contributed by atoms with Crippen LogP contribution in [0.2, 0.25) is 0 Å². The smallest absolute Gasteiger partial charge is 0.172 e. The second-order valence-electron chi connectivity index (χ2n) is 5.92. The van der Waals surface area contributed by atoms with Crippen LogP contribution >= 0.6 is 0 Å².